The van der Waals surface area contributed by atoms with Crippen molar-refractivity contribution in [2.24, 2.45) is 0 Å². The summed E-state index contributed by atoms with van der Waals surface area (Å²) in [6.45, 7) is 7.91. The normalized spacial score (nSPS) is 14.6. The predicted octanol–water partition coefficient (Wildman–Crippen LogP) is 3.70. The molecule has 2 amide bonds. The van der Waals surface area contributed by atoms with Gasteiger partial charge in [-0.15, -0.1) is 0 Å². The van der Waals surface area contributed by atoms with E-state index in [4.69, 9.17) is 4.74 Å². The minimum absolute atomic E-state index is 0.209. The number of nitrogens with zero attached hydrogens (tertiary/aromatic N) is 2. The van der Waals surface area contributed by atoms with Gasteiger partial charge < -0.3 is 19.9 Å². The van der Waals surface area contributed by atoms with Crippen molar-refractivity contribution in [1.82, 2.24) is 9.80 Å². The second kappa shape index (κ2) is 11.2. The highest BCUT2D eigenvalue weighted by Gasteiger charge is 2.20. The molecular formula is C24H29N3O3. The van der Waals surface area contributed by atoms with Crippen LogP contribution in [0.1, 0.15) is 17.5 Å². The summed E-state index contributed by atoms with van der Waals surface area (Å²) in [7, 11) is 0. The molecule has 1 N–H and O–H groups in total. The molecule has 1 aliphatic heterocycles. The summed E-state index contributed by atoms with van der Waals surface area (Å²) in [4.78, 5) is 27.9. The Hall–Kier alpha value is -3.12. The fourth-order valence-corrected chi connectivity index (χ4v) is 3.42. The number of rotatable bonds is 7. The van der Waals surface area contributed by atoms with Gasteiger partial charge in [-0.2, -0.15) is 0 Å². The number of hydrogen-bond acceptors (Lipinski definition) is 4. The molecule has 0 bridgehead atoms. The van der Waals surface area contributed by atoms with Crippen LogP contribution in [0.2, 0.25) is 0 Å². The highest BCUT2D eigenvalue weighted by atomic mass is 16.6. The molecule has 1 heterocycles. The van der Waals surface area contributed by atoms with Gasteiger partial charge in [-0.25, -0.2) is 4.79 Å². The molecule has 3 rings (SSSR count). The third kappa shape index (κ3) is 6.74. The molecule has 0 aliphatic carbocycles. The number of benzene rings is 2. The number of ether oxygens (including phenoxy) is 1. The van der Waals surface area contributed by atoms with E-state index in [1.54, 1.807) is 4.90 Å². The topological polar surface area (TPSA) is 61.9 Å². The maximum atomic E-state index is 12.4. The zero-order valence-electron chi connectivity index (χ0n) is 17.3. The van der Waals surface area contributed by atoms with Crippen LogP contribution in [0.15, 0.2) is 67.3 Å². The Balaban J connectivity index is 1.41. The first-order valence-electron chi connectivity index (χ1n) is 10.3. The number of amides is 2. The molecule has 1 saturated heterocycles. The molecule has 30 heavy (non-hydrogen) atoms. The molecule has 2 aromatic carbocycles. The van der Waals surface area contributed by atoms with Crippen LogP contribution in [0.5, 0.6) is 0 Å². The summed E-state index contributed by atoms with van der Waals surface area (Å²) in [6, 6.07) is 17.6. The van der Waals surface area contributed by atoms with Crippen LogP contribution in [0.25, 0.3) is 0 Å². The molecule has 2 aromatic rings. The molecule has 6 heteroatoms. The Kier molecular flexibility index (Phi) is 8.03. The molecule has 0 spiro atoms. The van der Waals surface area contributed by atoms with Gasteiger partial charge >= 0.3 is 6.09 Å². The Bertz CT molecular complexity index is 837. The summed E-state index contributed by atoms with van der Waals surface area (Å²) in [5.41, 5.74) is 2.98. The van der Waals surface area contributed by atoms with E-state index in [1.165, 1.54) is 11.6 Å². The zero-order valence-corrected chi connectivity index (χ0v) is 17.3. The Morgan fingerprint density at radius 2 is 1.73 bits per heavy atom. The summed E-state index contributed by atoms with van der Waals surface area (Å²) in [6.07, 6.45) is 2.88. The van der Waals surface area contributed by atoms with E-state index in [0.29, 0.717) is 13.2 Å². The minimum atomic E-state index is -0.238. The van der Waals surface area contributed by atoms with E-state index in [2.05, 4.69) is 16.8 Å². The molecular weight excluding hydrogens is 378 g/mol. The summed E-state index contributed by atoms with van der Waals surface area (Å²) >= 11 is 0. The van der Waals surface area contributed by atoms with Crippen LogP contribution in [0.3, 0.4) is 0 Å². The van der Waals surface area contributed by atoms with Gasteiger partial charge in [-0.3, -0.25) is 4.79 Å². The second-order valence-corrected chi connectivity index (χ2v) is 7.36. The molecule has 0 saturated carbocycles. The van der Waals surface area contributed by atoms with E-state index in [9.17, 15) is 9.59 Å². The third-order valence-corrected chi connectivity index (χ3v) is 5.18. The molecule has 0 unspecified atom stereocenters. The number of carbonyl (C=O) groups is 2. The van der Waals surface area contributed by atoms with Crippen molar-refractivity contribution < 1.29 is 14.3 Å². The van der Waals surface area contributed by atoms with Crippen LogP contribution in [0.4, 0.5) is 10.5 Å². The largest absolute Gasteiger partial charge is 0.445 e. The van der Waals surface area contributed by atoms with Gasteiger partial charge in [0.15, 0.2) is 0 Å². The molecule has 0 aromatic heterocycles. The quantitative estimate of drug-likeness (QED) is 0.711. The van der Waals surface area contributed by atoms with Crippen molar-refractivity contribution in [2.45, 2.75) is 19.4 Å². The van der Waals surface area contributed by atoms with Gasteiger partial charge in [0, 0.05) is 31.9 Å². The van der Waals surface area contributed by atoms with E-state index in [1.807, 2.05) is 54.6 Å². The first-order chi connectivity index (χ1) is 14.6. The van der Waals surface area contributed by atoms with Crippen LogP contribution < -0.4 is 5.32 Å². The minimum Gasteiger partial charge on any atom is -0.445 e. The van der Waals surface area contributed by atoms with Crippen molar-refractivity contribution in [3.8, 4) is 0 Å². The fraction of sp³-hybridized carbons (Fsp3) is 0.333. The average Bonchev–Trinajstić information content (AvgIpc) is 3.03. The summed E-state index contributed by atoms with van der Waals surface area (Å²) in [5, 5.41) is 2.75. The first-order valence-corrected chi connectivity index (χ1v) is 10.3. The van der Waals surface area contributed by atoms with E-state index < -0.39 is 0 Å². The van der Waals surface area contributed by atoms with Crippen LogP contribution in [0, 0.1) is 0 Å². The summed E-state index contributed by atoms with van der Waals surface area (Å²) < 4.78 is 5.47. The van der Waals surface area contributed by atoms with Crippen molar-refractivity contribution in [1.29, 1.82) is 0 Å². The van der Waals surface area contributed by atoms with Crippen LogP contribution in [-0.2, 0) is 22.6 Å². The lowest BCUT2D eigenvalue weighted by Crippen LogP contribution is -2.36. The molecule has 158 valence electrons. The number of nitrogens with one attached hydrogen (secondary N) is 1. The van der Waals surface area contributed by atoms with Crippen molar-refractivity contribution >= 4 is 17.7 Å². The molecule has 1 aliphatic rings. The van der Waals surface area contributed by atoms with Gasteiger partial charge in [0.05, 0.1) is 0 Å². The SMILES string of the molecule is C=CC(=O)Nc1ccc(CCN2CCCN(C(=O)OCc3ccccc3)CC2)cc1. The van der Waals surface area contributed by atoms with E-state index >= 15 is 0 Å². The van der Waals surface area contributed by atoms with Crippen molar-refractivity contribution in [3.63, 3.8) is 0 Å². The maximum absolute atomic E-state index is 12.4. The van der Waals surface area contributed by atoms with Gasteiger partial charge in [0.1, 0.15) is 6.61 Å². The van der Waals surface area contributed by atoms with Gasteiger partial charge in [-0.1, -0.05) is 49.0 Å². The second-order valence-electron chi connectivity index (χ2n) is 7.36. The van der Waals surface area contributed by atoms with Gasteiger partial charge in [-0.05, 0) is 48.7 Å². The number of anilines is 1. The molecule has 6 nitrogen and oxygen atoms in total. The van der Waals surface area contributed by atoms with Crippen molar-refractivity contribution in [3.05, 3.63) is 78.4 Å². The molecule has 1 fully saturated rings. The highest BCUT2D eigenvalue weighted by molar-refractivity contribution is 5.98. The average molecular weight is 408 g/mol. The lowest BCUT2D eigenvalue weighted by molar-refractivity contribution is -0.111. The van der Waals surface area contributed by atoms with Crippen LogP contribution >= 0.6 is 0 Å². The smallest absolute Gasteiger partial charge is 0.410 e. The Morgan fingerprint density at radius 1 is 0.967 bits per heavy atom. The molecule has 0 radical (unpaired) electrons. The third-order valence-electron chi connectivity index (χ3n) is 5.18. The lowest BCUT2D eigenvalue weighted by atomic mass is 10.1. The maximum Gasteiger partial charge on any atom is 0.410 e. The van der Waals surface area contributed by atoms with Gasteiger partial charge in [0.25, 0.3) is 0 Å². The monoisotopic (exact) mass is 407 g/mol. The van der Waals surface area contributed by atoms with Crippen LogP contribution in [-0.4, -0.2) is 54.5 Å². The Morgan fingerprint density at radius 3 is 2.47 bits per heavy atom. The lowest BCUT2D eigenvalue weighted by Gasteiger charge is -2.21. The number of hydrogen-bond donors (Lipinski definition) is 1. The Labute approximate surface area is 178 Å². The van der Waals surface area contributed by atoms with E-state index in [0.717, 1.165) is 50.3 Å². The van der Waals surface area contributed by atoms with Gasteiger partial charge in [0.2, 0.25) is 5.91 Å². The number of carbonyl (C=O) groups excluding carboxylic acids is 2. The van der Waals surface area contributed by atoms with E-state index in [-0.39, 0.29) is 12.0 Å². The molecule has 0 atom stereocenters. The summed E-state index contributed by atoms with van der Waals surface area (Å²) in [5.74, 6) is -0.209. The van der Waals surface area contributed by atoms with Crippen molar-refractivity contribution in [2.75, 3.05) is 38.0 Å². The highest BCUT2D eigenvalue weighted by Crippen LogP contribution is 2.12. The first kappa shape index (κ1) is 21.6. The fourth-order valence-electron chi connectivity index (χ4n) is 3.42. The standard InChI is InChI=1S/C24H29N3O3/c1-2-23(28)25-22-11-9-20(10-12-22)13-16-26-14-6-15-27(18-17-26)24(29)30-19-21-7-4-3-5-8-21/h2-5,7-12H,1,6,13-19H2,(H,25,28). The predicted molar refractivity (Wildman–Crippen MR) is 118 cm³/mol. The zero-order chi connectivity index (χ0) is 21.2.